The van der Waals surface area contributed by atoms with Crippen molar-refractivity contribution in [2.75, 3.05) is 32.0 Å². The van der Waals surface area contributed by atoms with Crippen LogP contribution in [0.25, 0.3) is 0 Å². The Labute approximate surface area is 223 Å². The van der Waals surface area contributed by atoms with Gasteiger partial charge >= 0.3 is 6.03 Å². The van der Waals surface area contributed by atoms with E-state index in [9.17, 15) is 29.7 Å². The van der Waals surface area contributed by atoms with E-state index in [0.717, 1.165) is 57.1 Å². The number of nitrogens with one attached hydrogen (secondary N) is 4. The number of piperidine rings is 1. The Morgan fingerprint density at radius 2 is 1.81 bits per heavy atom. The fourth-order valence-corrected chi connectivity index (χ4v) is 7.15. The molecule has 7 atom stereocenters. The molecule has 37 heavy (non-hydrogen) atoms. The first-order valence-electron chi connectivity index (χ1n) is 13.7. The number of rotatable bonds is 15. The Morgan fingerprint density at radius 1 is 1.05 bits per heavy atom. The van der Waals surface area contributed by atoms with E-state index in [1.165, 1.54) is 6.92 Å². The first-order chi connectivity index (χ1) is 17.8. The highest BCUT2D eigenvalue weighted by Gasteiger charge is 2.43. The summed E-state index contributed by atoms with van der Waals surface area (Å²) >= 11 is 1.90. The van der Waals surface area contributed by atoms with Crippen molar-refractivity contribution in [3.8, 4) is 0 Å². The number of unbranched alkanes of at least 4 members (excludes halogenated alkanes) is 5. The summed E-state index contributed by atoms with van der Waals surface area (Å²) in [5.41, 5.74) is 0. The lowest BCUT2D eigenvalue weighted by Gasteiger charge is -2.45. The van der Waals surface area contributed by atoms with Crippen LogP contribution in [-0.2, 0) is 9.59 Å². The van der Waals surface area contributed by atoms with Gasteiger partial charge < -0.3 is 36.6 Å². The maximum atomic E-state index is 12.1. The minimum absolute atomic E-state index is 0.0607. The fraction of sp³-hybridized carbons (Fsp3) is 0.880. The normalized spacial score (nSPS) is 31.5. The molecule has 0 saturated carbocycles. The Kier molecular flexibility index (Phi) is 12.2. The van der Waals surface area contributed by atoms with E-state index in [2.05, 4.69) is 21.3 Å². The first kappa shape index (κ1) is 29.9. The second-order valence-corrected chi connectivity index (χ2v) is 11.8. The highest BCUT2D eigenvalue weighted by atomic mass is 32.2. The van der Waals surface area contributed by atoms with Crippen LogP contribution in [-0.4, -0.2) is 112 Å². The molecule has 3 aliphatic rings. The Hall–Kier alpha value is -1.60. The number of fused-ring (bicyclic) bond motifs is 1. The Morgan fingerprint density at radius 3 is 2.57 bits per heavy atom. The van der Waals surface area contributed by atoms with Gasteiger partial charge in [0.2, 0.25) is 11.8 Å². The molecule has 3 aliphatic heterocycles. The van der Waals surface area contributed by atoms with Crippen LogP contribution in [0.1, 0.15) is 64.7 Å². The van der Waals surface area contributed by atoms with Gasteiger partial charge in [0.25, 0.3) is 0 Å². The molecule has 212 valence electrons. The molecule has 0 aliphatic carbocycles. The lowest BCUT2D eigenvalue weighted by atomic mass is 9.92. The monoisotopic (exact) mass is 543 g/mol. The predicted molar refractivity (Wildman–Crippen MR) is 142 cm³/mol. The van der Waals surface area contributed by atoms with Crippen LogP contribution < -0.4 is 21.3 Å². The number of carbonyl (C=O) groups excluding carboxylic acids is 3. The van der Waals surface area contributed by atoms with Crippen LogP contribution >= 0.6 is 11.8 Å². The smallest absolute Gasteiger partial charge is 0.315 e. The lowest BCUT2D eigenvalue weighted by molar-refractivity contribution is -0.128. The summed E-state index contributed by atoms with van der Waals surface area (Å²) in [6.07, 6.45) is 6.05. The van der Waals surface area contributed by atoms with Crippen LogP contribution in [0.2, 0.25) is 0 Å². The average molecular weight is 544 g/mol. The standard InChI is InChI=1S/C25H45N5O6S/c1-16(32)27-17-13-30(19(14-31)24(35)23(17)34)12-8-4-2-3-7-11-26-21(33)10-6-5-9-20-22-18(15-37-20)28-25(36)29-22/h17-20,22-24,31,34-35H,2-15H2,1H3,(H,26,33)(H,27,32)(H2,28,29,36)/t17-,18?,19+,20?,22?,23+,24+/m0/s1. The summed E-state index contributed by atoms with van der Waals surface area (Å²) in [7, 11) is 0. The van der Waals surface area contributed by atoms with Crippen molar-refractivity contribution in [2.24, 2.45) is 0 Å². The number of hydrogen-bond donors (Lipinski definition) is 7. The SMILES string of the molecule is CC(=O)N[C@H]1CN(CCCCCCCNC(=O)CCCCC2SCC3NC(=O)NC32)[C@H](CO)[C@@H](O)[C@@H]1O. The summed E-state index contributed by atoms with van der Waals surface area (Å²) in [4.78, 5) is 36.9. The van der Waals surface area contributed by atoms with E-state index >= 15 is 0 Å². The first-order valence-corrected chi connectivity index (χ1v) is 14.8. The van der Waals surface area contributed by atoms with Gasteiger partial charge in [0, 0.05) is 37.4 Å². The van der Waals surface area contributed by atoms with Crippen molar-refractivity contribution in [3.63, 3.8) is 0 Å². The summed E-state index contributed by atoms with van der Waals surface area (Å²) in [6, 6.07) is -0.681. The second kappa shape index (κ2) is 15.1. The summed E-state index contributed by atoms with van der Waals surface area (Å²) in [5.74, 6) is 0.801. The molecule has 3 heterocycles. The third-order valence-electron chi connectivity index (χ3n) is 7.66. The zero-order valence-electron chi connectivity index (χ0n) is 21.9. The van der Waals surface area contributed by atoms with E-state index in [0.29, 0.717) is 31.3 Å². The Bertz CT molecular complexity index is 761. The van der Waals surface area contributed by atoms with Crippen LogP contribution in [0, 0.1) is 0 Å². The number of urea groups is 1. The van der Waals surface area contributed by atoms with E-state index in [-0.39, 0.29) is 36.5 Å². The lowest BCUT2D eigenvalue weighted by Crippen LogP contribution is -2.66. The van der Waals surface area contributed by atoms with E-state index < -0.39 is 24.3 Å². The molecule has 4 amide bonds. The van der Waals surface area contributed by atoms with Gasteiger partial charge in [0.15, 0.2) is 0 Å². The molecule has 0 bridgehead atoms. The van der Waals surface area contributed by atoms with Crippen molar-refractivity contribution < 1.29 is 29.7 Å². The number of amides is 4. The molecule has 0 radical (unpaired) electrons. The topological polar surface area (TPSA) is 163 Å². The molecule has 3 saturated heterocycles. The quantitative estimate of drug-likeness (QED) is 0.109. The van der Waals surface area contributed by atoms with Gasteiger partial charge in [-0.05, 0) is 32.2 Å². The van der Waals surface area contributed by atoms with Crippen LogP contribution in [0.15, 0.2) is 0 Å². The van der Waals surface area contributed by atoms with Crippen molar-refractivity contribution in [3.05, 3.63) is 0 Å². The minimum Gasteiger partial charge on any atom is -0.395 e. The molecule has 0 spiro atoms. The van der Waals surface area contributed by atoms with Gasteiger partial charge in [-0.1, -0.05) is 25.7 Å². The zero-order valence-corrected chi connectivity index (χ0v) is 22.7. The number of aliphatic hydroxyl groups is 3. The summed E-state index contributed by atoms with van der Waals surface area (Å²) < 4.78 is 0. The number of nitrogens with zero attached hydrogens (tertiary/aromatic N) is 1. The van der Waals surface area contributed by atoms with Gasteiger partial charge in [-0.15, -0.1) is 0 Å². The van der Waals surface area contributed by atoms with Gasteiger partial charge in [0.05, 0.1) is 36.9 Å². The second-order valence-electron chi connectivity index (χ2n) is 10.5. The zero-order chi connectivity index (χ0) is 26.8. The van der Waals surface area contributed by atoms with E-state index in [1.54, 1.807) is 0 Å². The van der Waals surface area contributed by atoms with E-state index in [1.807, 2.05) is 16.7 Å². The maximum absolute atomic E-state index is 12.1. The molecular formula is C25H45N5O6S. The van der Waals surface area contributed by atoms with Crippen molar-refractivity contribution in [1.29, 1.82) is 0 Å². The Balaban J connectivity index is 1.18. The number of carbonyl (C=O) groups is 3. The molecule has 11 nitrogen and oxygen atoms in total. The van der Waals surface area contributed by atoms with Gasteiger partial charge in [-0.3, -0.25) is 14.5 Å². The molecule has 12 heteroatoms. The number of aliphatic hydroxyl groups excluding tert-OH is 3. The van der Waals surface area contributed by atoms with Gasteiger partial charge in [-0.2, -0.15) is 11.8 Å². The van der Waals surface area contributed by atoms with E-state index in [4.69, 9.17) is 0 Å². The number of hydrogen-bond acceptors (Lipinski definition) is 8. The minimum atomic E-state index is -1.11. The number of likely N-dealkylation sites (tertiary alicyclic amines) is 1. The fourth-order valence-electron chi connectivity index (χ4n) is 5.61. The molecule has 3 rings (SSSR count). The average Bonchev–Trinajstić information content (AvgIpc) is 3.40. The van der Waals surface area contributed by atoms with Crippen LogP contribution in [0.3, 0.4) is 0 Å². The molecular weight excluding hydrogens is 498 g/mol. The van der Waals surface area contributed by atoms with Crippen LogP contribution in [0.4, 0.5) is 4.79 Å². The van der Waals surface area contributed by atoms with Crippen molar-refractivity contribution in [1.82, 2.24) is 26.2 Å². The highest BCUT2D eigenvalue weighted by Crippen LogP contribution is 2.33. The predicted octanol–water partition coefficient (Wildman–Crippen LogP) is -0.318. The highest BCUT2D eigenvalue weighted by molar-refractivity contribution is 8.00. The number of thioether (sulfide) groups is 1. The van der Waals surface area contributed by atoms with Gasteiger partial charge in [-0.25, -0.2) is 4.79 Å². The van der Waals surface area contributed by atoms with Crippen molar-refractivity contribution >= 4 is 29.6 Å². The molecule has 0 aromatic heterocycles. The van der Waals surface area contributed by atoms with Crippen LogP contribution in [0.5, 0.6) is 0 Å². The van der Waals surface area contributed by atoms with Gasteiger partial charge in [0.1, 0.15) is 6.10 Å². The summed E-state index contributed by atoms with van der Waals surface area (Å²) in [5, 5.41) is 42.3. The molecule has 3 unspecified atom stereocenters. The third kappa shape index (κ3) is 8.98. The summed E-state index contributed by atoms with van der Waals surface area (Å²) in [6.45, 7) is 2.88. The maximum Gasteiger partial charge on any atom is 0.315 e. The molecule has 3 fully saturated rings. The largest absolute Gasteiger partial charge is 0.395 e. The molecule has 0 aromatic carbocycles. The third-order valence-corrected chi connectivity index (χ3v) is 9.17. The van der Waals surface area contributed by atoms with Crippen molar-refractivity contribution in [2.45, 2.75) is 106 Å². The molecule has 0 aromatic rings. The molecule has 7 N–H and O–H groups in total.